The van der Waals surface area contributed by atoms with Gasteiger partial charge in [0.1, 0.15) is 11.8 Å². The lowest BCUT2D eigenvalue weighted by Crippen LogP contribution is -2.40. The van der Waals surface area contributed by atoms with Crippen LogP contribution >= 0.6 is 0 Å². The van der Waals surface area contributed by atoms with Crippen LogP contribution in [0.15, 0.2) is 48.7 Å². The fourth-order valence-electron chi connectivity index (χ4n) is 4.57. The quantitative estimate of drug-likeness (QED) is 0.647. The number of anilines is 2. The maximum absolute atomic E-state index is 13.0. The monoisotopic (exact) mass is 432 g/mol. The van der Waals surface area contributed by atoms with E-state index in [0.29, 0.717) is 36.4 Å². The second-order valence-electron chi connectivity index (χ2n) is 8.11. The van der Waals surface area contributed by atoms with Crippen LogP contribution in [-0.4, -0.2) is 46.9 Å². The molecule has 8 heteroatoms. The molecule has 2 aliphatic rings. The minimum atomic E-state index is -0.414. The van der Waals surface area contributed by atoms with Crippen molar-refractivity contribution in [3.63, 3.8) is 0 Å². The molecule has 0 spiro atoms. The number of hydrogen-bond acceptors (Lipinski definition) is 4. The van der Waals surface area contributed by atoms with Crippen LogP contribution in [0.3, 0.4) is 0 Å². The molecule has 1 unspecified atom stereocenters. The Morgan fingerprint density at radius 2 is 2.09 bits per heavy atom. The van der Waals surface area contributed by atoms with E-state index in [0.717, 1.165) is 23.1 Å². The summed E-state index contributed by atoms with van der Waals surface area (Å²) in [6.07, 6.45) is 3.71. The van der Waals surface area contributed by atoms with Crippen molar-refractivity contribution in [2.24, 2.45) is 0 Å². The van der Waals surface area contributed by atoms with Crippen molar-refractivity contribution in [2.75, 3.05) is 24.3 Å². The largest absolute Gasteiger partial charge is 0.496 e. The second-order valence-corrected chi connectivity index (χ2v) is 8.11. The van der Waals surface area contributed by atoms with Crippen LogP contribution in [0.4, 0.5) is 11.4 Å². The first-order valence-electron chi connectivity index (χ1n) is 10.7. The van der Waals surface area contributed by atoms with Gasteiger partial charge in [0.25, 0.3) is 5.91 Å². The van der Waals surface area contributed by atoms with Crippen LogP contribution in [-0.2, 0) is 16.1 Å². The summed E-state index contributed by atoms with van der Waals surface area (Å²) < 4.78 is 7.41. The van der Waals surface area contributed by atoms with E-state index in [4.69, 9.17) is 4.74 Å². The van der Waals surface area contributed by atoms with Crippen molar-refractivity contribution >= 4 is 40.0 Å². The summed E-state index contributed by atoms with van der Waals surface area (Å²) in [6, 6.07) is 12.4. The standard InChI is InChI=1S/C24H24N4O4/c1-32-21-6-2-4-19-16(21)9-12-27(19)13-10-22(29)25-15-7-8-18-17(14-15)24(31)28-11-3-5-20(28)23(30)26-18/h2,4,6-9,12,14,20H,3,5,10-11,13H2,1H3,(H,25,29)(H,26,30). The average molecular weight is 432 g/mol. The molecular weight excluding hydrogens is 408 g/mol. The van der Waals surface area contributed by atoms with Gasteiger partial charge in [0.2, 0.25) is 11.8 Å². The molecule has 8 nitrogen and oxygen atoms in total. The van der Waals surface area contributed by atoms with Crippen LogP contribution in [0.25, 0.3) is 10.9 Å². The lowest BCUT2D eigenvalue weighted by Gasteiger charge is -2.20. The van der Waals surface area contributed by atoms with Crippen LogP contribution in [0.1, 0.15) is 29.6 Å². The van der Waals surface area contributed by atoms with Gasteiger partial charge in [-0.2, -0.15) is 0 Å². The third-order valence-electron chi connectivity index (χ3n) is 6.18. The number of amides is 3. The summed E-state index contributed by atoms with van der Waals surface area (Å²) in [5.74, 6) is 0.318. The molecule has 0 aliphatic carbocycles. The Morgan fingerprint density at radius 1 is 1.22 bits per heavy atom. The summed E-state index contributed by atoms with van der Waals surface area (Å²) in [5, 5.41) is 6.73. The molecule has 0 radical (unpaired) electrons. The predicted molar refractivity (Wildman–Crippen MR) is 121 cm³/mol. The average Bonchev–Trinajstić information content (AvgIpc) is 3.43. The fraction of sp³-hybridized carbons (Fsp3) is 0.292. The Bertz CT molecular complexity index is 1230. The Labute approximate surface area is 185 Å². The second kappa shape index (κ2) is 8.03. The van der Waals surface area contributed by atoms with Crippen molar-refractivity contribution < 1.29 is 19.1 Å². The van der Waals surface area contributed by atoms with E-state index in [1.165, 1.54) is 0 Å². The number of aromatic nitrogens is 1. The highest BCUT2D eigenvalue weighted by Crippen LogP contribution is 2.31. The number of carbonyl (C=O) groups is 3. The Kier molecular flexibility index (Phi) is 5.05. The molecule has 3 aromatic rings. The first-order valence-corrected chi connectivity index (χ1v) is 10.7. The zero-order chi connectivity index (χ0) is 22.2. The highest BCUT2D eigenvalue weighted by molar-refractivity contribution is 6.11. The molecule has 0 saturated carbocycles. The fourth-order valence-corrected chi connectivity index (χ4v) is 4.57. The van der Waals surface area contributed by atoms with Crippen molar-refractivity contribution in [1.29, 1.82) is 0 Å². The minimum absolute atomic E-state index is 0.151. The van der Waals surface area contributed by atoms with Gasteiger partial charge in [-0.25, -0.2) is 0 Å². The van der Waals surface area contributed by atoms with E-state index in [-0.39, 0.29) is 24.1 Å². The molecule has 2 N–H and O–H groups in total. The number of benzene rings is 2. The first kappa shape index (κ1) is 20.1. The number of nitrogens with one attached hydrogen (secondary N) is 2. The normalized spacial score (nSPS) is 17.5. The molecule has 1 atom stereocenters. The van der Waals surface area contributed by atoms with Gasteiger partial charge in [0, 0.05) is 36.8 Å². The van der Waals surface area contributed by atoms with Crippen LogP contribution in [0.2, 0.25) is 0 Å². The number of aryl methyl sites for hydroxylation is 1. The van der Waals surface area contributed by atoms with Crippen molar-refractivity contribution in [2.45, 2.75) is 31.8 Å². The minimum Gasteiger partial charge on any atom is -0.496 e. The third-order valence-corrected chi connectivity index (χ3v) is 6.18. The Hall–Kier alpha value is -3.81. The van der Waals surface area contributed by atoms with E-state index in [1.54, 1.807) is 30.2 Å². The first-order chi connectivity index (χ1) is 15.5. The van der Waals surface area contributed by atoms with Gasteiger partial charge >= 0.3 is 0 Å². The topological polar surface area (TPSA) is 92.7 Å². The SMILES string of the molecule is COc1cccc2c1ccn2CCC(=O)Nc1ccc2c(c1)C(=O)N1CCCC1C(=O)N2. The Balaban J connectivity index is 1.29. The van der Waals surface area contributed by atoms with Crippen molar-refractivity contribution in [3.05, 3.63) is 54.2 Å². The van der Waals surface area contributed by atoms with Gasteiger partial charge in [-0.05, 0) is 49.2 Å². The molecule has 0 bridgehead atoms. The highest BCUT2D eigenvalue weighted by atomic mass is 16.5. The molecule has 1 fully saturated rings. The lowest BCUT2D eigenvalue weighted by atomic mass is 10.1. The zero-order valence-corrected chi connectivity index (χ0v) is 17.8. The van der Waals surface area contributed by atoms with E-state index in [9.17, 15) is 14.4 Å². The van der Waals surface area contributed by atoms with E-state index in [2.05, 4.69) is 10.6 Å². The van der Waals surface area contributed by atoms with Crippen LogP contribution < -0.4 is 15.4 Å². The maximum Gasteiger partial charge on any atom is 0.256 e. The zero-order valence-electron chi connectivity index (χ0n) is 17.8. The van der Waals surface area contributed by atoms with Gasteiger partial charge in [0.05, 0.1) is 23.9 Å². The van der Waals surface area contributed by atoms with E-state index in [1.807, 2.05) is 35.0 Å². The molecule has 5 rings (SSSR count). The molecule has 164 valence electrons. The maximum atomic E-state index is 13.0. The predicted octanol–water partition coefficient (Wildman–Crippen LogP) is 3.24. The van der Waals surface area contributed by atoms with Crippen LogP contribution in [0, 0.1) is 0 Å². The third kappa shape index (κ3) is 3.47. The number of methoxy groups -OCH3 is 1. The Morgan fingerprint density at radius 3 is 2.94 bits per heavy atom. The van der Waals surface area contributed by atoms with Gasteiger partial charge in [-0.3, -0.25) is 14.4 Å². The molecule has 2 aliphatic heterocycles. The number of nitrogens with zero attached hydrogens (tertiary/aromatic N) is 2. The van der Waals surface area contributed by atoms with Crippen molar-refractivity contribution in [1.82, 2.24) is 9.47 Å². The smallest absolute Gasteiger partial charge is 0.256 e. The highest BCUT2D eigenvalue weighted by Gasteiger charge is 2.38. The summed E-state index contributed by atoms with van der Waals surface area (Å²) in [4.78, 5) is 39.6. The number of carbonyl (C=O) groups excluding carboxylic acids is 3. The number of ether oxygens (including phenoxy) is 1. The van der Waals surface area contributed by atoms with Gasteiger partial charge in [-0.15, -0.1) is 0 Å². The number of rotatable bonds is 5. The molecule has 3 amide bonds. The number of hydrogen-bond donors (Lipinski definition) is 2. The molecule has 1 saturated heterocycles. The lowest BCUT2D eigenvalue weighted by molar-refractivity contribution is -0.119. The van der Waals surface area contributed by atoms with Gasteiger partial charge < -0.3 is 24.8 Å². The summed E-state index contributed by atoms with van der Waals surface area (Å²) >= 11 is 0. The summed E-state index contributed by atoms with van der Waals surface area (Å²) in [7, 11) is 1.64. The van der Waals surface area contributed by atoms with Gasteiger partial charge in [-0.1, -0.05) is 6.07 Å². The van der Waals surface area contributed by atoms with Crippen molar-refractivity contribution in [3.8, 4) is 5.75 Å². The molecular formula is C24H24N4O4. The molecule has 3 heterocycles. The summed E-state index contributed by atoms with van der Waals surface area (Å²) in [5.41, 5.74) is 2.43. The van der Waals surface area contributed by atoms with E-state index >= 15 is 0 Å². The van der Waals surface area contributed by atoms with Gasteiger partial charge in [0.15, 0.2) is 0 Å². The number of fused-ring (bicyclic) bond motifs is 3. The van der Waals surface area contributed by atoms with E-state index < -0.39 is 6.04 Å². The molecule has 1 aromatic heterocycles. The van der Waals surface area contributed by atoms with Crippen LogP contribution in [0.5, 0.6) is 5.75 Å². The molecule has 32 heavy (non-hydrogen) atoms. The summed E-state index contributed by atoms with van der Waals surface area (Å²) in [6.45, 7) is 1.08. The molecule has 2 aromatic carbocycles.